The van der Waals surface area contributed by atoms with Gasteiger partial charge in [0, 0.05) is 5.54 Å². The van der Waals surface area contributed by atoms with Gasteiger partial charge in [-0.25, -0.2) is 0 Å². The average Bonchev–Trinajstić information content (AvgIpc) is 1.89. The van der Waals surface area contributed by atoms with Crippen molar-refractivity contribution in [3.05, 3.63) is 0 Å². The van der Waals surface area contributed by atoms with Crippen LogP contribution in [0.25, 0.3) is 0 Å². The van der Waals surface area contributed by atoms with Crippen LogP contribution >= 0.6 is 0 Å². The molecule has 0 aromatic heterocycles. The number of rotatable bonds is 0. The molecule has 66 valence electrons. The van der Waals surface area contributed by atoms with Crippen LogP contribution in [-0.2, 0) is 0 Å². The quantitative estimate of drug-likeness (QED) is 0.534. The molecule has 0 radical (unpaired) electrons. The molecular weight excluding hydrogens is 134 g/mol. The van der Waals surface area contributed by atoms with Gasteiger partial charge in [-0.3, -0.25) is 0 Å². The van der Waals surface area contributed by atoms with Gasteiger partial charge >= 0.3 is 0 Å². The summed E-state index contributed by atoms with van der Waals surface area (Å²) in [5.41, 5.74) is 6.27. The maximum absolute atomic E-state index is 6.16. The highest BCUT2D eigenvalue weighted by atomic mass is 14.7. The smallest absolute Gasteiger partial charge is 0.0130 e. The molecule has 0 aromatic rings. The van der Waals surface area contributed by atoms with Crippen molar-refractivity contribution >= 4 is 0 Å². The van der Waals surface area contributed by atoms with Crippen LogP contribution in [0.1, 0.15) is 46.5 Å². The molecule has 0 amide bonds. The van der Waals surface area contributed by atoms with Crippen LogP contribution in [0.3, 0.4) is 0 Å². The van der Waals surface area contributed by atoms with Crippen LogP contribution in [0.15, 0.2) is 0 Å². The van der Waals surface area contributed by atoms with E-state index < -0.39 is 0 Å². The fourth-order valence-electron chi connectivity index (χ4n) is 2.45. The summed E-state index contributed by atoms with van der Waals surface area (Å²) in [4.78, 5) is 0. The SMILES string of the molecule is CC1CC[C@@H](C)CC(C)(N)C1. The van der Waals surface area contributed by atoms with Crippen LogP contribution < -0.4 is 5.73 Å². The Hall–Kier alpha value is -0.0400. The third kappa shape index (κ3) is 2.82. The van der Waals surface area contributed by atoms with Crippen LogP contribution in [0, 0.1) is 11.8 Å². The molecule has 3 atom stereocenters. The zero-order chi connectivity index (χ0) is 8.48. The molecule has 1 heteroatoms. The molecular formula is C10H21N. The van der Waals surface area contributed by atoms with Crippen molar-refractivity contribution in [1.29, 1.82) is 0 Å². The molecule has 1 nitrogen and oxygen atoms in total. The zero-order valence-corrected chi connectivity index (χ0v) is 8.06. The van der Waals surface area contributed by atoms with Gasteiger partial charge in [0.2, 0.25) is 0 Å². The van der Waals surface area contributed by atoms with Crippen LogP contribution in [-0.4, -0.2) is 5.54 Å². The molecule has 1 fully saturated rings. The van der Waals surface area contributed by atoms with E-state index in [0.29, 0.717) is 0 Å². The normalized spacial score (nSPS) is 46.9. The Morgan fingerprint density at radius 2 is 1.45 bits per heavy atom. The summed E-state index contributed by atoms with van der Waals surface area (Å²) in [6.45, 7) is 6.84. The van der Waals surface area contributed by atoms with E-state index in [1.807, 2.05) is 0 Å². The summed E-state index contributed by atoms with van der Waals surface area (Å²) in [6.07, 6.45) is 5.15. The number of hydrogen-bond donors (Lipinski definition) is 1. The molecule has 0 bridgehead atoms. The minimum absolute atomic E-state index is 0.106. The summed E-state index contributed by atoms with van der Waals surface area (Å²) in [7, 11) is 0. The van der Waals surface area contributed by atoms with E-state index in [2.05, 4.69) is 20.8 Å². The average molecular weight is 155 g/mol. The molecule has 1 saturated carbocycles. The third-order valence-electron chi connectivity index (χ3n) is 2.78. The standard InChI is InChI=1S/C10H21N/c1-8-4-5-9(2)7-10(3,11)6-8/h8-9H,4-7,11H2,1-3H3/t8-,9?,10?/m1/s1. The molecule has 2 N–H and O–H groups in total. The van der Waals surface area contributed by atoms with Crippen molar-refractivity contribution in [1.82, 2.24) is 0 Å². The molecule has 0 aliphatic heterocycles. The predicted octanol–water partition coefficient (Wildman–Crippen LogP) is 2.55. The third-order valence-corrected chi connectivity index (χ3v) is 2.78. The van der Waals surface area contributed by atoms with Crippen molar-refractivity contribution < 1.29 is 0 Å². The summed E-state index contributed by atoms with van der Waals surface area (Å²) in [5.74, 6) is 1.66. The van der Waals surface area contributed by atoms with E-state index in [0.717, 1.165) is 11.8 Å². The molecule has 2 unspecified atom stereocenters. The predicted molar refractivity (Wildman–Crippen MR) is 49.4 cm³/mol. The first-order valence-electron chi connectivity index (χ1n) is 4.78. The van der Waals surface area contributed by atoms with Gasteiger partial charge in [-0.05, 0) is 31.6 Å². The van der Waals surface area contributed by atoms with Crippen molar-refractivity contribution in [3.63, 3.8) is 0 Å². The Labute approximate surface area is 70.4 Å². The monoisotopic (exact) mass is 155 g/mol. The second-order valence-corrected chi connectivity index (χ2v) is 4.85. The van der Waals surface area contributed by atoms with Gasteiger partial charge in [0.25, 0.3) is 0 Å². The molecule has 0 heterocycles. The Morgan fingerprint density at radius 1 is 1.09 bits per heavy atom. The van der Waals surface area contributed by atoms with Crippen molar-refractivity contribution in [2.75, 3.05) is 0 Å². The lowest BCUT2D eigenvalue weighted by Crippen LogP contribution is -2.37. The molecule has 1 aliphatic carbocycles. The first kappa shape index (κ1) is 9.05. The lowest BCUT2D eigenvalue weighted by atomic mass is 9.87. The first-order chi connectivity index (χ1) is 4.99. The summed E-state index contributed by atoms with van der Waals surface area (Å²) >= 11 is 0. The van der Waals surface area contributed by atoms with Gasteiger partial charge < -0.3 is 5.73 Å². The van der Waals surface area contributed by atoms with Crippen molar-refractivity contribution in [2.45, 2.75) is 52.0 Å². The van der Waals surface area contributed by atoms with Gasteiger partial charge in [0.15, 0.2) is 0 Å². The van der Waals surface area contributed by atoms with Crippen molar-refractivity contribution in [2.24, 2.45) is 17.6 Å². The molecule has 0 aromatic carbocycles. The second-order valence-electron chi connectivity index (χ2n) is 4.85. The second kappa shape index (κ2) is 3.14. The van der Waals surface area contributed by atoms with E-state index in [9.17, 15) is 0 Å². The first-order valence-corrected chi connectivity index (χ1v) is 4.78. The number of hydrogen-bond acceptors (Lipinski definition) is 1. The van der Waals surface area contributed by atoms with E-state index in [-0.39, 0.29) is 5.54 Å². The van der Waals surface area contributed by atoms with Gasteiger partial charge in [-0.1, -0.05) is 26.7 Å². The molecule has 11 heavy (non-hydrogen) atoms. The highest BCUT2D eigenvalue weighted by molar-refractivity contribution is 4.85. The van der Waals surface area contributed by atoms with Crippen LogP contribution in [0.4, 0.5) is 0 Å². The fourth-order valence-corrected chi connectivity index (χ4v) is 2.45. The van der Waals surface area contributed by atoms with Gasteiger partial charge in [0.1, 0.15) is 0 Å². The van der Waals surface area contributed by atoms with E-state index >= 15 is 0 Å². The largest absolute Gasteiger partial charge is 0.325 e. The number of nitrogens with two attached hydrogens (primary N) is 1. The van der Waals surface area contributed by atoms with Crippen molar-refractivity contribution in [3.8, 4) is 0 Å². The Kier molecular flexibility index (Phi) is 2.58. The lowest BCUT2D eigenvalue weighted by molar-refractivity contribution is 0.336. The zero-order valence-electron chi connectivity index (χ0n) is 8.06. The van der Waals surface area contributed by atoms with Gasteiger partial charge in [0.05, 0.1) is 0 Å². The summed E-state index contributed by atoms with van der Waals surface area (Å²) in [6, 6.07) is 0. The summed E-state index contributed by atoms with van der Waals surface area (Å²) in [5, 5.41) is 0. The van der Waals surface area contributed by atoms with Crippen LogP contribution in [0.5, 0.6) is 0 Å². The Morgan fingerprint density at radius 3 is 1.82 bits per heavy atom. The maximum atomic E-state index is 6.16. The molecule has 1 rings (SSSR count). The van der Waals surface area contributed by atoms with Gasteiger partial charge in [-0.2, -0.15) is 0 Å². The molecule has 0 spiro atoms. The molecule has 1 aliphatic rings. The Balaban J connectivity index is 2.55. The summed E-state index contributed by atoms with van der Waals surface area (Å²) < 4.78 is 0. The highest BCUT2D eigenvalue weighted by Crippen LogP contribution is 2.31. The highest BCUT2D eigenvalue weighted by Gasteiger charge is 2.27. The van der Waals surface area contributed by atoms with E-state index in [4.69, 9.17) is 5.73 Å². The maximum Gasteiger partial charge on any atom is 0.0130 e. The minimum atomic E-state index is 0.106. The van der Waals surface area contributed by atoms with Gasteiger partial charge in [-0.15, -0.1) is 0 Å². The lowest BCUT2D eigenvalue weighted by Gasteiger charge is -2.26. The van der Waals surface area contributed by atoms with Crippen LogP contribution in [0.2, 0.25) is 0 Å². The fraction of sp³-hybridized carbons (Fsp3) is 1.00. The van der Waals surface area contributed by atoms with E-state index in [1.54, 1.807) is 0 Å². The molecule has 0 saturated heterocycles. The van der Waals surface area contributed by atoms with E-state index in [1.165, 1.54) is 25.7 Å². The Bertz CT molecular complexity index is 115. The minimum Gasteiger partial charge on any atom is -0.325 e. The topological polar surface area (TPSA) is 26.0 Å².